The molecule has 1 aliphatic rings. The van der Waals surface area contributed by atoms with Gasteiger partial charge >= 0.3 is 0 Å². The van der Waals surface area contributed by atoms with Crippen LogP contribution in [0, 0.1) is 11.3 Å². The number of rotatable bonds is 3. The molecule has 0 unspecified atom stereocenters. The van der Waals surface area contributed by atoms with Gasteiger partial charge in [-0.3, -0.25) is 14.5 Å². The van der Waals surface area contributed by atoms with E-state index in [0.717, 1.165) is 37.0 Å². The van der Waals surface area contributed by atoms with Crippen LogP contribution in [0.25, 0.3) is 10.8 Å². The van der Waals surface area contributed by atoms with Crippen LogP contribution in [0.5, 0.6) is 0 Å². The Morgan fingerprint density at radius 1 is 1.03 bits per heavy atom. The van der Waals surface area contributed by atoms with Crippen molar-refractivity contribution in [2.45, 2.75) is 13.0 Å². The van der Waals surface area contributed by atoms with Crippen molar-refractivity contribution in [2.24, 2.45) is 0 Å². The number of fused-ring (bicyclic) bond motifs is 1. The van der Waals surface area contributed by atoms with E-state index in [2.05, 4.69) is 16.0 Å². The lowest BCUT2D eigenvalue weighted by Crippen LogP contribution is -2.36. The highest BCUT2D eigenvalue weighted by Crippen LogP contribution is 2.14. The highest BCUT2D eigenvalue weighted by Gasteiger charge is 2.21. The van der Waals surface area contributed by atoms with Crippen molar-refractivity contribution in [3.63, 3.8) is 0 Å². The third kappa shape index (κ3) is 4.20. The minimum absolute atomic E-state index is 0.131. The summed E-state index contributed by atoms with van der Waals surface area (Å²) in [6.45, 7) is 3.74. The Bertz CT molecular complexity index is 1130. The van der Waals surface area contributed by atoms with Gasteiger partial charge in [-0.2, -0.15) is 5.26 Å². The third-order valence-electron chi connectivity index (χ3n) is 5.35. The summed E-state index contributed by atoms with van der Waals surface area (Å²) >= 11 is 0. The molecule has 1 amide bonds. The van der Waals surface area contributed by atoms with Gasteiger partial charge in [0.05, 0.1) is 11.6 Å². The van der Waals surface area contributed by atoms with E-state index >= 15 is 0 Å². The van der Waals surface area contributed by atoms with Gasteiger partial charge in [0.2, 0.25) is 0 Å². The normalized spacial score (nSPS) is 15.1. The predicted molar refractivity (Wildman–Crippen MR) is 112 cm³/mol. The number of hydrogen-bond acceptors (Lipinski definition) is 4. The van der Waals surface area contributed by atoms with E-state index in [1.807, 2.05) is 47.4 Å². The molecule has 2 heterocycles. The van der Waals surface area contributed by atoms with Crippen LogP contribution in [0.3, 0.4) is 0 Å². The molecule has 3 aromatic rings. The molecule has 0 bridgehead atoms. The zero-order chi connectivity index (χ0) is 20.2. The Morgan fingerprint density at radius 2 is 1.83 bits per heavy atom. The van der Waals surface area contributed by atoms with Gasteiger partial charge < -0.3 is 9.88 Å². The summed E-state index contributed by atoms with van der Waals surface area (Å²) in [5, 5.41) is 10.3. The SMILES string of the molecule is N#Cc1ccc(CN2CCCN(C(=O)c3cc4ccccc4c(=O)[nH]3)CC2)cc1. The zero-order valence-electron chi connectivity index (χ0n) is 16.1. The van der Waals surface area contributed by atoms with E-state index in [1.54, 1.807) is 12.1 Å². The fraction of sp³-hybridized carbons (Fsp3) is 0.261. The van der Waals surface area contributed by atoms with Gasteiger partial charge in [0, 0.05) is 38.1 Å². The van der Waals surface area contributed by atoms with Gasteiger partial charge in [-0.25, -0.2) is 0 Å². The van der Waals surface area contributed by atoms with E-state index in [4.69, 9.17) is 5.26 Å². The molecule has 146 valence electrons. The average Bonchev–Trinajstić information content (AvgIpc) is 2.99. The molecule has 4 rings (SSSR count). The Balaban J connectivity index is 1.44. The van der Waals surface area contributed by atoms with E-state index in [1.165, 1.54) is 0 Å². The summed E-state index contributed by atoms with van der Waals surface area (Å²) < 4.78 is 0. The van der Waals surface area contributed by atoms with E-state index in [-0.39, 0.29) is 11.5 Å². The molecule has 6 nitrogen and oxygen atoms in total. The van der Waals surface area contributed by atoms with Crippen molar-refractivity contribution in [3.05, 3.63) is 81.8 Å². The molecule has 29 heavy (non-hydrogen) atoms. The Morgan fingerprint density at radius 3 is 2.62 bits per heavy atom. The van der Waals surface area contributed by atoms with Crippen molar-refractivity contribution in [2.75, 3.05) is 26.2 Å². The van der Waals surface area contributed by atoms with Gasteiger partial charge in [0.25, 0.3) is 11.5 Å². The van der Waals surface area contributed by atoms with Gasteiger partial charge in [0.15, 0.2) is 0 Å². The second kappa shape index (κ2) is 8.29. The summed E-state index contributed by atoms with van der Waals surface area (Å²) in [5.41, 5.74) is 1.92. The Labute approximate surface area is 169 Å². The van der Waals surface area contributed by atoms with Crippen molar-refractivity contribution >= 4 is 16.7 Å². The van der Waals surface area contributed by atoms with Gasteiger partial charge in [-0.15, -0.1) is 0 Å². The Kier molecular flexibility index (Phi) is 5.41. The zero-order valence-corrected chi connectivity index (χ0v) is 16.1. The molecule has 1 fully saturated rings. The minimum Gasteiger partial charge on any atom is -0.336 e. The molecule has 2 aromatic carbocycles. The lowest BCUT2D eigenvalue weighted by Gasteiger charge is -2.22. The van der Waals surface area contributed by atoms with Crippen molar-refractivity contribution < 1.29 is 4.79 Å². The van der Waals surface area contributed by atoms with Gasteiger partial charge in [0.1, 0.15) is 5.69 Å². The summed E-state index contributed by atoms with van der Waals surface area (Å²) in [4.78, 5) is 32.2. The molecular formula is C23H22N4O2. The number of nitriles is 1. The summed E-state index contributed by atoms with van der Waals surface area (Å²) in [7, 11) is 0. The monoisotopic (exact) mass is 386 g/mol. The van der Waals surface area contributed by atoms with Crippen LogP contribution in [0.4, 0.5) is 0 Å². The molecule has 0 spiro atoms. The molecule has 0 saturated carbocycles. The number of nitrogens with one attached hydrogen (secondary N) is 1. The molecule has 0 aliphatic carbocycles. The average molecular weight is 386 g/mol. The number of carbonyl (C=O) groups is 1. The number of hydrogen-bond donors (Lipinski definition) is 1. The number of nitrogens with zero attached hydrogens (tertiary/aromatic N) is 3. The number of aromatic amines is 1. The lowest BCUT2D eigenvalue weighted by atomic mass is 10.1. The first-order valence-electron chi connectivity index (χ1n) is 9.77. The van der Waals surface area contributed by atoms with Crippen LogP contribution >= 0.6 is 0 Å². The van der Waals surface area contributed by atoms with Crippen molar-refractivity contribution in [3.8, 4) is 6.07 Å². The van der Waals surface area contributed by atoms with Gasteiger partial charge in [-0.1, -0.05) is 30.3 Å². The van der Waals surface area contributed by atoms with Crippen molar-refractivity contribution in [1.82, 2.24) is 14.8 Å². The number of aromatic nitrogens is 1. The molecule has 1 aromatic heterocycles. The first-order chi connectivity index (χ1) is 14.1. The first-order valence-corrected chi connectivity index (χ1v) is 9.77. The smallest absolute Gasteiger partial charge is 0.270 e. The number of amides is 1. The maximum absolute atomic E-state index is 13.0. The molecular weight excluding hydrogens is 364 g/mol. The van der Waals surface area contributed by atoms with E-state index in [0.29, 0.717) is 29.7 Å². The van der Waals surface area contributed by atoms with Crippen LogP contribution in [0.1, 0.15) is 28.0 Å². The maximum atomic E-state index is 13.0. The summed E-state index contributed by atoms with van der Waals surface area (Å²) in [6.07, 6.45) is 0.875. The number of carbonyl (C=O) groups excluding carboxylic acids is 1. The molecule has 1 saturated heterocycles. The topological polar surface area (TPSA) is 80.2 Å². The van der Waals surface area contributed by atoms with Crippen LogP contribution in [0.15, 0.2) is 59.4 Å². The second-order valence-electron chi connectivity index (χ2n) is 7.33. The summed E-state index contributed by atoms with van der Waals surface area (Å²) in [5.74, 6) is -0.131. The van der Waals surface area contributed by atoms with Crippen LogP contribution in [-0.4, -0.2) is 46.9 Å². The maximum Gasteiger partial charge on any atom is 0.270 e. The summed E-state index contributed by atoms with van der Waals surface area (Å²) in [6, 6.07) is 18.8. The lowest BCUT2D eigenvalue weighted by molar-refractivity contribution is 0.0755. The molecule has 6 heteroatoms. The fourth-order valence-corrected chi connectivity index (χ4v) is 3.77. The number of pyridine rings is 1. The largest absolute Gasteiger partial charge is 0.336 e. The number of H-pyrrole nitrogens is 1. The first kappa shape index (κ1) is 18.9. The second-order valence-corrected chi connectivity index (χ2v) is 7.33. The minimum atomic E-state index is -0.233. The Hall–Kier alpha value is -3.43. The van der Waals surface area contributed by atoms with E-state index in [9.17, 15) is 9.59 Å². The highest BCUT2D eigenvalue weighted by atomic mass is 16.2. The van der Waals surface area contributed by atoms with Crippen LogP contribution in [0.2, 0.25) is 0 Å². The van der Waals surface area contributed by atoms with Gasteiger partial charge in [-0.05, 0) is 41.6 Å². The molecule has 0 atom stereocenters. The third-order valence-corrected chi connectivity index (χ3v) is 5.35. The molecule has 1 N–H and O–H groups in total. The highest BCUT2D eigenvalue weighted by molar-refractivity contribution is 5.96. The van der Waals surface area contributed by atoms with E-state index < -0.39 is 0 Å². The molecule has 0 radical (unpaired) electrons. The van der Waals surface area contributed by atoms with Crippen molar-refractivity contribution in [1.29, 1.82) is 5.26 Å². The van der Waals surface area contributed by atoms with Crippen LogP contribution < -0.4 is 5.56 Å². The fourth-order valence-electron chi connectivity index (χ4n) is 3.77. The predicted octanol–water partition coefficient (Wildman–Crippen LogP) is 2.75. The van der Waals surface area contributed by atoms with Crippen LogP contribution in [-0.2, 0) is 6.54 Å². The standard InChI is InChI=1S/C23H22N4O2/c24-15-17-6-8-18(9-7-17)16-26-10-3-11-27(13-12-26)23(29)21-14-19-4-1-2-5-20(19)22(28)25-21/h1-2,4-9,14H,3,10-13,16H2,(H,25,28). The molecule has 1 aliphatic heterocycles. The quantitative estimate of drug-likeness (QED) is 0.751. The number of benzene rings is 2.